The van der Waals surface area contributed by atoms with Crippen LogP contribution < -0.4 is 5.32 Å². The first-order valence-corrected chi connectivity index (χ1v) is 13.6. The number of sulfone groups is 1. The highest BCUT2D eigenvalue weighted by molar-refractivity contribution is 8.01. The minimum atomic E-state index is -3.81. The maximum Gasteiger partial charge on any atom is 0.352 e. The zero-order chi connectivity index (χ0) is 23.0. The predicted molar refractivity (Wildman–Crippen MR) is 116 cm³/mol. The van der Waals surface area contributed by atoms with E-state index >= 15 is 0 Å². The molecule has 2 aromatic rings. The lowest BCUT2D eigenvalue weighted by Gasteiger charge is -2.49. The van der Waals surface area contributed by atoms with Crippen molar-refractivity contribution in [2.45, 2.75) is 20.8 Å². The number of thiophene rings is 1. The third-order valence-electron chi connectivity index (χ3n) is 4.65. The van der Waals surface area contributed by atoms with E-state index in [0.29, 0.717) is 16.5 Å². The largest absolute Gasteiger partial charge is 0.477 e. The Morgan fingerprint density at radius 1 is 1.41 bits per heavy atom. The summed E-state index contributed by atoms with van der Waals surface area (Å²) >= 11 is 3.55. The molecule has 170 valence electrons. The van der Waals surface area contributed by atoms with Crippen LogP contribution in [0.25, 0.3) is 0 Å². The number of carboxylic acids is 1. The lowest BCUT2D eigenvalue weighted by atomic mass is 10.0. The van der Waals surface area contributed by atoms with E-state index in [4.69, 9.17) is 0 Å². The molecule has 2 aliphatic heterocycles. The molecule has 2 atom stereocenters. The molecule has 32 heavy (non-hydrogen) atoms. The van der Waals surface area contributed by atoms with Crippen LogP contribution in [0.5, 0.6) is 0 Å². The number of hydrogen-bond acceptors (Lipinski definition) is 11. The number of rotatable bonds is 8. The number of aryl methyl sites for hydroxylation is 1. The Balaban J connectivity index is 1.44. The van der Waals surface area contributed by atoms with E-state index in [1.54, 1.807) is 18.5 Å². The molecule has 12 nitrogen and oxygen atoms in total. The van der Waals surface area contributed by atoms with Crippen LogP contribution in [0, 0.1) is 0 Å². The molecule has 0 radical (unpaired) electrons. The van der Waals surface area contributed by atoms with Crippen molar-refractivity contribution >= 4 is 62.5 Å². The molecule has 16 heteroatoms. The summed E-state index contributed by atoms with van der Waals surface area (Å²) in [5.41, 5.74) is 0.406. The van der Waals surface area contributed by atoms with Crippen molar-refractivity contribution < 1.29 is 27.9 Å². The molecule has 2 amide bonds. The van der Waals surface area contributed by atoms with Crippen LogP contribution in [0.15, 0.2) is 38.1 Å². The minimum Gasteiger partial charge on any atom is -0.477 e. The predicted octanol–water partition coefficient (Wildman–Crippen LogP) is -0.424. The van der Waals surface area contributed by atoms with E-state index in [1.807, 2.05) is 0 Å². The fraction of sp³-hybridized carbons (Fsp3) is 0.375. The smallest absolute Gasteiger partial charge is 0.352 e. The summed E-state index contributed by atoms with van der Waals surface area (Å²) in [5, 5.41) is 24.7. The number of tetrazole rings is 1. The molecule has 0 saturated carbocycles. The second-order valence-corrected chi connectivity index (χ2v) is 12.0. The van der Waals surface area contributed by atoms with Crippen LogP contribution in [0.4, 0.5) is 0 Å². The second-order valence-electron chi connectivity index (χ2n) is 6.78. The van der Waals surface area contributed by atoms with Crippen molar-refractivity contribution in [1.29, 1.82) is 0 Å². The van der Waals surface area contributed by atoms with Gasteiger partial charge in [-0.05, 0) is 27.4 Å². The van der Waals surface area contributed by atoms with E-state index < -0.39 is 44.8 Å². The van der Waals surface area contributed by atoms with Crippen molar-refractivity contribution in [3.8, 4) is 0 Å². The number of aliphatic carboxylic acids is 1. The Bertz CT molecular complexity index is 1210. The van der Waals surface area contributed by atoms with E-state index in [0.717, 1.165) is 16.2 Å². The van der Waals surface area contributed by atoms with E-state index in [9.17, 15) is 27.9 Å². The number of carbonyl (C=O) groups excluding carboxylic acids is 2. The van der Waals surface area contributed by atoms with Crippen LogP contribution in [-0.2, 0) is 31.3 Å². The van der Waals surface area contributed by atoms with E-state index in [-0.39, 0.29) is 15.7 Å². The van der Waals surface area contributed by atoms with Crippen molar-refractivity contribution in [3.63, 3.8) is 0 Å². The molecule has 2 aliphatic rings. The summed E-state index contributed by atoms with van der Waals surface area (Å²) < 4.78 is 26.1. The highest BCUT2D eigenvalue weighted by atomic mass is 32.2. The Labute approximate surface area is 194 Å². The normalized spacial score (nSPS) is 20.7. The first-order valence-electron chi connectivity index (χ1n) is 9.00. The maximum absolute atomic E-state index is 12.7. The molecular weight excluding hydrogens is 500 g/mol. The zero-order valence-corrected chi connectivity index (χ0v) is 19.6. The van der Waals surface area contributed by atoms with Gasteiger partial charge >= 0.3 is 5.97 Å². The quantitative estimate of drug-likeness (QED) is 0.346. The molecule has 4 rings (SSSR count). The first-order chi connectivity index (χ1) is 15.2. The Morgan fingerprint density at radius 2 is 2.19 bits per heavy atom. The number of β-lactam (4-membered cyclic amide) rings is 1. The lowest BCUT2D eigenvalue weighted by molar-refractivity contribution is -0.150. The average Bonchev–Trinajstić information content (AvgIpc) is 3.41. The summed E-state index contributed by atoms with van der Waals surface area (Å²) in [6.07, 6.45) is 0. The third kappa shape index (κ3) is 4.26. The monoisotopic (exact) mass is 516 g/mol. The summed E-state index contributed by atoms with van der Waals surface area (Å²) in [7, 11) is -2.15. The van der Waals surface area contributed by atoms with E-state index in [1.165, 1.54) is 34.3 Å². The van der Waals surface area contributed by atoms with Crippen LogP contribution in [0.3, 0.4) is 0 Å². The molecule has 2 N–H and O–H groups in total. The number of fused-ring (bicyclic) bond motifs is 1. The molecule has 4 heterocycles. The van der Waals surface area contributed by atoms with Gasteiger partial charge in [0.05, 0.1) is 0 Å². The van der Waals surface area contributed by atoms with Gasteiger partial charge in [0.1, 0.15) is 27.1 Å². The summed E-state index contributed by atoms with van der Waals surface area (Å²) in [4.78, 5) is 38.0. The number of thioether (sulfide) groups is 2. The van der Waals surface area contributed by atoms with Crippen molar-refractivity contribution in [2.24, 2.45) is 7.05 Å². The molecule has 1 fully saturated rings. The van der Waals surface area contributed by atoms with Crippen LogP contribution in [0.2, 0.25) is 0 Å². The zero-order valence-electron chi connectivity index (χ0n) is 16.4. The standard InChI is InChI=1S/C16H16N6O6S4/c1-21-16(18-19-20-21)31-6-8-5-30-14-11(13(24)22(14)12(8)15(25)26)17-9(23)7-32(27,28)10-3-2-4-29-10/h2-4,11,14H,5-7H2,1H3,(H,17,23)(H,25,26)/t11?,14-/m0/s1. The van der Waals surface area contributed by atoms with Gasteiger partial charge in [-0.25, -0.2) is 17.9 Å². The Kier molecular flexibility index (Phi) is 6.28. The number of amides is 2. The maximum atomic E-state index is 12.7. The highest BCUT2D eigenvalue weighted by Crippen LogP contribution is 2.41. The summed E-state index contributed by atoms with van der Waals surface area (Å²) in [6.45, 7) is 0. The van der Waals surface area contributed by atoms with Crippen LogP contribution in [-0.4, -0.2) is 85.1 Å². The van der Waals surface area contributed by atoms with Gasteiger partial charge in [0, 0.05) is 18.6 Å². The first kappa shape index (κ1) is 22.8. The number of nitrogens with zero attached hydrogens (tertiary/aromatic N) is 5. The molecule has 0 spiro atoms. The molecule has 2 aromatic heterocycles. The highest BCUT2D eigenvalue weighted by Gasteiger charge is 2.54. The number of aromatic nitrogens is 4. The molecule has 0 aliphatic carbocycles. The molecule has 0 aromatic carbocycles. The number of hydrogen-bond donors (Lipinski definition) is 2. The molecule has 1 unspecified atom stereocenters. The van der Waals surface area contributed by atoms with Crippen LogP contribution in [0.1, 0.15) is 0 Å². The van der Waals surface area contributed by atoms with E-state index in [2.05, 4.69) is 20.8 Å². The Morgan fingerprint density at radius 3 is 2.81 bits per heavy atom. The van der Waals surface area contributed by atoms with Crippen LogP contribution >= 0.6 is 34.9 Å². The van der Waals surface area contributed by atoms with Crippen molar-refractivity contribution in [2.75, 3.05) is 17.3 Å². The average molecular weight is 517 g/mol. The van der Waals surface area contributed by atoms with Gasteiger partial charge < -0.3 is 10.4 Å². The number of nitrogens with one attached hydrogen (secondary N) is 1. The lowest BCUT2D eigenvalue weighted by Crippen LogP contribution is -2.70. The van der Waals surface area contributed by atoms with Gasteiger partial charge in [-0.15, -0.1) is 28.2 Å². The van der Waals surface area contributed by atoms with Gasteiger partial charge in [0.15, 0.2) is 9.84 Å². The van der Waals surface area contributed by atoms with Crippen molar-refractivity contribution in [3.05, 3.63) is 28.8 Å². The number of carbonyl (C=O) groups is 3. The summed E-state index contributed by atoms with van der Waals surface area (Å²) in [5.74, 6) is -2.84. The number of carboxylic acid groups (broad SMARTS) is 1. The van der Waals surface area contributed by atoms with Gasteiger partial charge in [-0.3, -0.25) is 14.5 Å². The third-order valence-corrected chi connectivity index (χ3v) is 10.2. The van der Waals surface area contributed by atoms with Gasteiger partial charge in [-0.1, -0.05) is 17.8 Å². The van der Waals surface area contributed by atoms with Gasteiger partial charge in [0.25, 0.3) is 5.91 Å². The van der Waals surface area contributed by atoms with Gasteiger partial charge in [0.2, 0.25) is 11.1 Å². The van der Waals surface area contributed by atoms with Gasteiger partial charge in [-0.2, -0.15) is 0 Å². The Hall–Kier alpha value is -2.43. The SMILES string of the molecule is Cn1nnnc1SCC1=C(C(=O)O)N2C(=O)C(NC(=O)CS(=O)(=O)c3cccs3)[C@@H]2SC1. The summed E-state index contributed by atoms with van der Waals surface area (Å²) in [6, 6.07) is 1.98. The minimum absolute atomic E-state index is 0.0672. The fourth-order valence-corrected chi connectivity index (χ4v) is 7.76. The topological polar surface area (TPSA) is 164 Å². The molecular formula is C16H16N6O6S4. The van der Waals surface area contributed by atoms with Crippen molar-refractivity contribution in [1.82, 2.24) is 30.4 Å². The molecule has 0 bridgehead atoms. The second kappa shape index (κ2) is 8.84. The fourth-order valence-electron chi connectivity index (χ4n) is 3.19. The molecule has 1 saturated heterocycles.